The predicted molar refractivity (Wildman–Crippen MR) is 213 cm³/mol. The third kappa shape index (κ3) is 25.9. The lowest BCUT2D eigenvalue weighted by Crippen LogP contribution is -2.27. The second-order valence-corrected chi connectivity index (χ2v) is 14.6. The first kappa shape index (κ1) is 46.1. The van der Waals surface area contributed by atoms with Crippen LogP contribution in [0.5, 0.6) is 0 Å². The summed E-state index contributed by atoms with van der Waals surface area (Å²) in [6.07, 6.45) is 30.0. The molecular weight excluding hydrogens is 620 g/mol. The Morgan fingerprint density at radius 3 is 1.00 bits per heavy atom. The fourth-order valence-electron chi connectivity index (χ4n) is 6.57. The van der Waals surface area contributed by atoms with E-state index in [1.165, 1.54) is 155 Å². The van der Waals surface area contributed by atoms with Crippen LogP contribution in [0.25, 0.3) is 0 Å². The normalized spacial score (nSPS) is 11.5. The van der Waals surface area contributed by atoms with Crippen molar-refractivity contribution in [2.45, 2.75) is 182 Å². The van der Waals surface area contributed by atoms with Crippen LogP contribution < -0.4 is 0 Å². The Morgan fingerprint density at radius 2 is 0.700 bits per heavy atom. The SMILES string of the molecule is CCCCCCCN(CCCCCCC)CCCCOC(=O)c1cccc(C(=O)OCCCCN(CCCCCCC)CCCCCCC)c1. The molecule has 1 aromatic rings. The zero-order valence-corrected chi connectivity index (χ0v) is 33.5. The van der Waals surface area contributed by atoms with E-state index in [1.54, 1.807) is 24.3 Å². The van der Waals surface area contributed by atoms with E-state index < -0.39 is 0 Å². The lowest BCUT2D eigenvalue weighted by molar-refractivity contribution is 0.0493. The monoisotopic (exact) mass is 701 g/mol. The van der Waals surface area contributed by atoms with Gasteiger partial charge in [-0.05, 0) is 109 Å². The van der Waals surface area contributed by atoms with Gasteiger partial charge in [0.1, 0.15) is 0 Å². The molecular formula is C44H80N2O4. The number of esters is 2. The molecule has 290 valence electrons. The van der Waals surface area contributed by atoms with Gasteiger partial charge < -0.3 is 19.3 Å². The minimum absolute atomic E-state index is 0.368. The summed E-state index contributed by atoms with van der Waals surface area (Å²) in [6.45, 7) is 16.7. The van der Waals surface area contributed by atoms with E-state index >= 15 is 0 Å². The van der Waals surface area contributed by atoms with Gasteiger partial charge in [0.25, 0.3) is 0 Å². The van der Waals surface area contributed by atoms with Crippen LogP contribution in [0.15, 0.2) is 24.3 Å². The molecule has 0 atom stereocenters. The lowest BCUT2D eigenvalue weighted by Gasteiger charge is -2.22. The summed E-state index contributed by atoms with van der Waals surface area (Å²) in [5.74, 6) is -0.735. The highest BCUT2D eigenvalue weighted by Crippen LogP contribution is 2.13. The molecule has 0 aliphatic rings. The van der Waals surface area contributed by atoms with Crippen molar-refractivity contribution in [3.63, 3.8) is 0 Å². The molecule has 0 spiro atoms. The van der Waals surface area contributed by atoms with Crippen molar-refractivity contribution in [2.24, 2.45) is 0 Å². The van der Waals surface area contributed by atoms with Crippen molar-refractivity contribution in [3.05, 3.63) is 35.4 Å². The number of nitrogens with zero attached hydrogens (tertiary/aromatic N) is 2. The average molecular weight is 701 g/mol. The fourth-order valence-corrected chi connectivity index (χ4v) is 6.57. The summed E-state index contributed by atoms with van der Waals surface area (Å²) in [4.78, 5) is 30.8. The van der Waals surface area contributed by atoms with Crippen molar-refractivity contribution < 1.29 is 19.1 Å². The highest BCUT2D eigenvalue weighted by Gasteiger charge is 2.13. The molecule has 0 aromatic heterocycles. The molecule has 0 radical (unpaired) electrons. The van der Waals surface area contributed by atoms with Gasteiger partial charge in [0.2, 0.25) is 0 Å². The van der Waals surface area contributed by atoms with Crippen LogP contribution in [-0.2, 0) is 9.47 Å². The van der Waals surface area contributed by atoms with Gasteiger partial charge >= 0.3 is 11.9 Å². The van der Waals surface area contributed by atoms with Crippen molar-refractivity contribution in [1.29, 1.82) is 0 Å². The molecule has 0 N–H and O–H groups in total. The van der Waals surface area contributed by atoms with Gasteiger partial charge in [0.05, 0.1) is 24.3 Å². The maximum absolute atomic E-state index is 12.8. The fraction of sp³-hybridized carbons (Fsp3) is 0.818. The molecule has 0 aliphatic heterocycles. The molecule has 6 heteroatoms. The van der Waals surface area contributed by atoms with E-state index in [-0.39, 0.29) is 11.9 Å². The number of hydrogen-bond donors (Lipinski definition) is 0. The summed E-state index contributed by atoms with van der Waals surface area (Å²) in [7, 11) is 0. The maximum Gasteiger partial charge on any atom is 0.338 e. The van der Waals surface area contributed by atoms with Crippen LogP contribution in [-0.4, -0.2) is 74.2 Å². The Labute approximate surface area is 309 Å². The summed E-state index contributed by atoms with van der Waals surface area (Å²) in [5.41, 5.74) is 0.822. The van der Waals surface area contributed by atoms with Crippen LogP contribution in [0.2, 0.25) is 0 Å². The number of carbonyl (C=O) groups is 2. The third-order valence-electron chi connectivity index (χ3n) is 9.85. The Balaban J connectivity index is 2.39. The molecule has 0 fully saturated rings. The Bertz CT molecular complexity index is 826. The lowest BCUT2D eigenvalue weighted by atomic mass is 10.1. The van der Waals surface area contributed by atoms with E-state index in [4.69, 9.17) is 9.47 Å². The highest BCUT2D eigenvalue weighted by atomic mass is 16.5. The van der Waals surface area contributed by atoms with Crippen LogP contribution in [0.4, 0.5) is 0 Å². The van der Waals surface area contributed by atoms with Gasteiger partial charge in [-0.25, -0.2) is 9.59 Å². The number of unbranched alkanes of at least 4 members (excludes halogenated alkanes) is 18. The number of benzene rings is 1. The average Bonchev–Trinajstić information content (AvgIpc) is 3.13. The topological polar surface area (TPSA) is 59.1 Å². The van der Waals surface area contributed by atoms with Crippen LogP contribution >= 0.6 is 0 Å². The first-order valence-corrected chi connectivity index (χ1v) is 21.4. The summed E-state index contributed by atoms with van der Waals surface area (Å²) < 4.78 is 11.2. The second-order valence-electron chi connectivity index (χ2n) is 14.6. The van der Waals surface area contributed by atoms with E-state index in [9.17, 15) is 9.59 Å². The first-order chi connectivity index (χ1) is 24.5. The number of ether oxygens (including phenoxy) is 2. The van der Waals surface area contributed by atoms with E-state index in [0.29, 0.717) is 24.3 Å². The van der Waals surface area contributed by atoms with Gasteiger partial charge in [-0.15, -0.1) is 0 Å². The minimum atomic E-state index is -0.368. The van der Waals surface area contributed by atoms with Gasteiger partial charge in [-0.2, -0.15) is 0 Å². The second kappa shape index (κ2) is 34.2. The minimum Gasteiger partial charge on any atom is -0.462 e. The molecule has 0 bridgehead atoms. The third-order valence-corrected chi connectivity index (χ3v) is 9.85. The van der Waals surface area contributed by atoms with Crippen LogP contribution in [0.3, 0.4) is 0 Å². The van der Waals surface area contributed by atoms with E-state index in [2.05, 4.69) is 37.5 Å². The summed E-state index contributed by atoms with van der Waals surface area (Å²) in [6, 6.07) is 6.79. The highest BCUT2D eigenvalue weighted by molar-refractivity contribution is 5.95. The Morgan fingerprint density at radius 1 is 0.420 bits per heavy atom. The molecule has 0 amide bonds. The van der Waals surface area contributed by atoms with Crippen molar-refractivity contribution in [3.8, 4) is 0 Å². The molecule has 0 unspecified atom stereocenters. The number of carbonyl (C=O) groups excluding carboxylic acids is 2. The van der Waals surface area contributed by atoms with E-state index in [0.717, 1.165) is 38.8 Å². The molecule has 0 aliphatic carbocycles. The van der Waals surface area contributed by atoms with Gasteiger partial charge in [-0.1, -0.05) is 136 Å². The quantitative estimate of drug-likeness (QED) is 0.0513. The van der Waals surface area contributed by atoms with Crippen LogP contribution in [0, 0.1) is 0 Å². The van der Waals surface area contributed by atoms with Gasteiger partial charge in [0.15, 0.2) is 0 Å². The molecule has 50 heavy (non-hydrogen) atoms. The zero-order chi connectivity index (χ0) is 36.3. The Kier molecular flexibility index (Phi) is 31.5. The van der Waals surface area contributed by atoms with Crippen molar-refractivity contribution in [2.75, 3.05) is 52.5 Å². The molecule has 1 aromatic carbocycles. The smallest absolute Gasteiger partial charge is 0.338 e. The van der Waals surface area contributed by atoms with E-state index in [1.807, 2.05) is 0 Å². The zero-order valence-electron chi connectivity index (χ0n) is 33.5. The number of hydrogen-bond acceptors (Lipinski definition) is 6. The molecule has 0 heterocycles. The molecule has 0 saturated heterocycles. The van der Waals surface area contributed by atoms with Crippen molar-refractivity contribution >= 4 is 11.9 Å². The van der Waals surface area contributed by atoms with Gasteiger partial charge in [0, 0.05) is 0 Å². The van der Waals surface area contributed by atoms with Crippen LogP contribution in [0.1, 0.15) is 203 Å². The summed E-state index contributed by atoms with van der Waals surface area (Å²) >= 11 is 0. The first-order valence-electron chi connectivity index (χ1n) is 21.4. The molecule has 6 nitrogen and oxygen atoms in total. The molecule has 1 rings (SSSR count). The number of rotatable bonds is 36. The van der Waals surface area contributed by atoms with Gasteiger partial charge in [-0.3, -0.25) is 0 Å². The maximum atomic E-state index is 12.8. The largest absolute Gasteiger partial charge is 0.462 e. The molecule has 0 saturated carbocycles. The standard InChI is InChI=1S/C44H80N2O4/c1-5-9-13-17-21-32-45(33-22-18-14-10-6-2)36-25-27-38-49-43(47)41-30-29-31-42(40-41)44(48)50-39-28-26-37-46(34-23-19-15-11-7-3)35-24-20-16-12-8-4/h29-31,40H,5-28,32-39H2,1-4H3. The van der Waals surface area contributed by atoms with Crippen molar-refractivity contribution in [1.82, 2.24) is 9.80 Å². The predicted octanol–water partition coefficient (Wildman–Crippen LogP) is 12.0. The summed E-state index contributed by atoms with van der Waals surface area (Å²) in [5, 5.41) is 0. The Hall–Kier alpha value is -1.92.